The van der Waals surface area contributed by atoms with E-state index >= 15 is 0 Å². The summed E-state index contributed by atoms with van der Waals surface area (Å²) in [6.45, 7) is 7.38. The molecule has 0 fully saturated rings. The molecular weight excluding hydrogens is 230 g/mol. The van der Waals surface area contributed by atoms with Crippen molar-refractivity contribution < 1.29 is 14.3 Å². The maximum atomic E-state index is 11.4. The van der Waals surface area contributed by atoms with Crippen LogP contribution in [0.4, 0.5) is 0 Å². The van der Waals surface area contributed by atoms with Crippen LogP contribution in [0.2, 0.25) is 0 Å². The van der Waals surface area contributed by atoms with Crippen LogP contribution < -0.4 is 10.5 Å². The maximum absolute atomic E-state index is 11.4. The van der Waals surface area contributed by atoms with E-state index in [0.717, 1.165) is 11.1 Å². The van der Waals surface area contributed by atoms with E-state index in [1.54, 1.807) is 13.8 Å². The third-order valence-electron chi connectivity index (χ3n) is 2.37. The lowest BCUT2D eigenvalue weighted by molar-refractivity contribution is -0.149. The van der Waals surface area contributed by atoms with Gasteiger partial charge in [-0.2, -0.15) is 0 Å². The Hall–Kier alpha value is -1.55. The lowest BCUT2D eigenvalue weighted by atomic mass is 10.1. The summed E-state index contributed by atoms with van der Waals surface area (Å²) in [7, 11) is 0. The molecule has 1 atom stereocenters. The van der Waals surface area contributed by atoms with E-state index in [4.69, 9.17) is 15.2 Å². The zero-order valence-corrected chi connectivity index (χ0v) is 11.4. The summed E-state index contributed by atoms with van der Waals surface area (Å²) in [5.74, 6) is 0.262. The third-order valence-corrected chi connectivity index (χ3v) is 2.37. The average molecular weight is 251 g/mol. The fourth-order valence-corrected chi connectivity index (χ4v) is 1.59. The summed E-state index contributed by atoms with van der Waals surface area (Å²) in [5.41, 5.74) is 7.88. The number of carbonyl (C=O) groups excluding carboxylic acids is 1. The van der Waals surface area contributed by atoms with Crippen LogP contribution in [0.15, 0.2) is 18.2 Å². The van der Waals surface area contributed by atoms with Gasteiger partial charge in [-0.3, -0.25) is 0 Å². The molecule has 0 amide bonds. The Morgan fingerprint density at radius 1 is 1.33 bits per heavy atom. The van der Waals surface area contributed by atoms with Gasteiger partial charge in [0.1, 0.15) is 5.75 Å². The number of aryl methyl sites for hydroxylation is 1. The van der Waals surface area contributed by atoms with Gasteiger partial charge >= 0.3 is 5.97 Å². The molecule has 1 rings (SSSR count). The topological polar surface area (TPSA) is 61.5 Å². The molecule has 0 aliphatic carbocycles. The highest BCUT2D eigenvalue weighted by atomic mass is 16.6. The molecule has 4 nitrogen and oxygen atoms in total. The van der Waals surface area contributed by atoms with Crippen LogP contribution in [0.5, 0.6) is 5.75 Å². The number of nitrogens with two attached hydrogens (primary N) is 1. The predicted molar refractivity (Wildman–Crippen MR) is 70.5 cm³/mol. The van der Waals surface area contributed by atoms with Gasteiger partial charge in [0.15, 0.2) is 6.61 Å². The van der Waals surface area contributed by atoms with Gasteiger partial charge < -0.3 is 15.2 Å². The van der Waals surface area contributed by atoms with Gasteiger partial charge in [-0.05, 0) is 33.8 Å². The van der Waals surface area contributed by atoms with Crippen molar-refractivity contribution in [3.8, 4) is 5.75 Å². The van der Waals surface area contributed by atoms with Crippen molar-refractivity contribution in [2.45, 2.75) is 39.8 Å². The summed E-state index contributed by atoms with van der Waals surface area (Å²) in [4.78, 5) is 11.4. The molecule has 0 radical (unpaired) electrons. The number of esters is 1. The molecule has 1 aromatic rings. The quantitative estimate of drug-likeness (QED) is 0.816. The molecule has 0 saturated heterocycles. The summed E-state index contributed by atoms with van der Waals surface area (Å²) in [6, 6.07) is 5.58. The molecule has 0 aliphatic rings. The second-order valence-electron chi connectivity index (χ2n) is 4.66. The van der Waals surface area contributed by atoms with Gasteiger partial charge in [-0.15, -0.1) is 0 Å². The van der Waals surface area contributed by atoms with Crippen LogP contribution in [0.1, 0.15) is 37.9 Å². The highest BCUT2D eigenvalue weighted by Gasteiger charge is 2.11. The molecule has 0 spiro atoms. The number of carbonyl (C=O) groups is 1. The van der Waals surface area contributed by atoms with E-state index < -0.39 is 0 Å². The van der Waals surface area contributed by atoms with Gasteiger partial charge in [0.05, 0.1) is 6.10 Å². The Labute approximate surface area is 108 Å². The molecule has 18 heavy (non-hydrogen) atoms. The number of hydrogen-bond donors (Lipinski definition) is 1. The summed E-state index contributed by atoms with van der Waals surface area (Å²) < 4.78 is 10.5. The molecule has 100 valence electrons. The van der Waals surface area contributed by atoms with E-state index in [9.17, 15) is 4.79 Å². The van der Waals surface area contributed by atoms with Crippen molar-refractivity contribution in [3.63, 3.8) is 0 Å². The van der Waals surface area contributed by atoms with E-state index in [-0.39, 0.29) is 24.7 Å². The zero-order chi connectivity index (χ0) is 13.7. The van der Waals surface area contributed by atoms with Crippen molar-refractivity contribution in [1.29, 1.82) is 0 Å². The van der Waals surface area contributed by atoms with Crippen LogP contribution in [-0.4, -0.2) is 18.7 Å². The first kappa shape index (κ1) is 14.5. The Bertz CT molecular complexity index is 414. The Morgan fingerprint density at radius 2 is 2.00 bits per heavy atom. The van der Waals surface area contributed by atoms with Gasteiger partial charge in [0, 0.05) is 11.6 Å². The van der Waals surface area contributed by atoms with Crippen molar-refractivity contribution in [2.75, 3.05) is 6.61 Å². The Morgan fingerprint density at radius 3 is 2.56 bits per heavy atom. The van der Waals surface area contributed by atoms with Gasteiger partial charge in [-0.1, -0.05) is 17.7 Å². The van der Waals surface area contributed by atoms with Crippen LogP contribution in [-0.2, 0) is 9.53 Å². The molecule has 1 unspecified atom stereocenters. The SMILES string of the molecule is Cc1ccc(OCC(=O)OC(C)C)c(C(C)N)c1. The van der Waals surface area contributed by atoms with E-state index in [1.807, 2.05) is 32.0 Å². The first-order valence-electron chi connectivity index (χ1n) is 6.08. The van der Waals surface area contributed by atoms with E-state index in [2.05, 4.69) is 0 Å². The second kappa shape index (κ2) is 6.40. The smallest absolute Gasteiger partial charge is 0.344 e. The first-order valence-corrected chi connectivity index (χ1v) is 6.08. The molecule has 0 aromatic heterocycles. The normalized spacial score (nSPS) is 12.3. The molecule has 0 bridgehead atoms. The maximum Gasteiger partial charge on any atom is 0.344 e. The highest BCUT2D eigenvalue weighted by Crippen LogP contribution is 2.24. The lowest BCUT2D eigenvalue weighted by Gasteiger charge is -2.15. The number of hydrogen-bond acceptors (Lipinski definition) is 4. The standard InChI is InChI=1S/C14H21NO3/c1-9(2)18-14(16)8-17-13-6-5-10(3)7-12(13)11(4)15/h5-7,9,11H,8,15H2,1-4H3. The fraction of sp³-hybridized carbons (Fsp3) is 0.500. The van der Waals surface area contributed by atoms with Crippen LogP contribution >= 0.6 is 0 Å². The minimum absolute atomic E-state index is 0.0963. The van der Waals surface area contributed by atoms with Crippen molar-refractivity contribution in [2.24, 2.45) is 5.73 Å². The zero-order valence-electron chi connectivity index (χ0n) is 11.4. The van der Waals surface area contributed by atoms with Crippen LogP contribution in [0.25, 0.3) is 0 Å². The van der Waals surface area contributed by atoms with Gasteiger partial charge in [0.25, 0.3) is 0 Å². The number of benzene rings is 1. The molecule has 0 aliphatic heterocycles. The monoisotopic (exact) mass is 251 g/mol. The minimum atomic E-state index is -0.374. The molecule has 4 heteroatoms. The third kappa shape index (κ3) is 4.37. The highest BCUT2D eigenvalue weighted by molar-refractivity contribution is 5.71. The van der Waals surface area contributed by atoms with Crippen LogP contribution in [0.3, 0.4) is 0 Å². The van der Waals surface area contributed by atoms with Crippen molar-refractivity contribution in [1.82, 2.24) is 0 Å². The summed E-state index contributed by atoms with van der Waals surface area (Å²) in [5, 5.41) is 0. The lowest BCUT2D eigenvalue weighted by Crippen LogP contribution is -2.19. The van der Waals surface area contributed by atoms with Gasteiger partial charge in [-0.25, -0.2) is 4.79 Å². The second-order valence-corrected chi connectivity index (χ2v) is 4.66. The van der Waals surface area contributed by atoms with Crippen molar-refractivity contribution >= 4 is 5.97 Å². The summed E-state index contributed by atoms with van der Waals surface area (Å²) in [6.07, 6.45) is -0.132. The molecule has 0 heterocycles. The first-order chi connectivity index (χ1) is 8.40. The fourth-order valence-electron chi connectivity index (χ4n) is 1.59. The number of ether oxygens (including phenoxy) is 2. The molecular formula is C14H21NO3. The molecule has 0 saturated carbocycles. The minimum Gasteiger partial charge on any atom is -0.482 e. The van der Waals surface area contributed by atoms with Crippen molar-refractivity contribution in [3.05, 3.63) is 29.3 Å². The molecule has 1 aromatic carbocycles. The van der Waals surface area contributed by atoms with E-state index in [0.29, 0.717) is 5.75 Å². The largest absolute Gasteiger partial charge is 0.482 e. The summed E-state index contributed by atoms with van der Waals surface area (Å²) >= 11 is 0. The average Bonchev–Trinajstić information content (AvgIpc) is 2.26. The molecule has 2 N–H and O–H groups in total. The Balaban J connectivity index is 2.70. The van der Waals surface area contributed by atoms with Crippen LogP contribution in [0, 0.1) is 6.92 Å². The number of rotatable bonds is 5. The Kier molecular flexibility index (Phi) is 5.16. The predicted octanol–water partition coefficient (Wildman–Crippen LogP) is 2.35. The van der Waals surface area contributed by atoms with Gasteiger partial charge in [0.2, 0.25) is 0 Å². The van der Waals surface area contributed by atoms with E-state index in [1.165, 1.54) is 0 Å².